The Hall–Kier alpha value is -1.87. The molecular weight excluding hydrogens is 284 g/mol. The molecule has 0 N–H and O–H groups in total. The van der Waals surface area contributed by atoms with E-state index in [1.54, 1.807) is 18.2 Å². The summed E-state index contributed by atoms with van der Waals surface area (Å²) in [7, 11) is 0. The lowest BCUT2D eigenvalue weighted by Gasteiger charge is -2.24. The zero-order chi connectivity index (χ0) is 14.7. The second-order valence-corrected chi connectivity index (χ2v) is 5.72. The molecule has 1 unspecified atom stereocenters. The van der Waals surface area contributed by atoms with Gasteiger partial charge in [-0.15, -0.1) is 0 Å². The molecule has 21 heavy (non-hydrogen) atoms. The van der Waals surface area contributed by atoms with Gasteiger partial charge in [0.1, 0.15) is 10.8 Å². The van der Waals surface area contributed by atoms with Crippen LogP contribution in [0.4, 0.5) is 0 Å². The lowest BCUT2D eigenvalue weighted by molar-refractivity contribution is 0.0730. The molecule has 0 bridgehead atoms. The third-order valence-electron chi connectivity index (χ3n) is 3.89. The number of amides is 1. The Morgan fingerprint density at radius 3 is 2.76 bits per heavy atom. The number of hydrogen-bond donors (Lipinski definition) is 0. The Balaban J connectivity index is 1.76. The smallest absolute Gasteiger partial charge is 0.272 e. The molecule has 0 spiro atoms. The number of likely N-dealkylation sites (tertiary alicyclic amines) is 1. The average molecular weight is 301 g/mol. The summed E-state index contributed by atoms with van der Waals surface area (Å²) in [5, 5.41) is 0.361. The molecule has 4 heteroatoms. The second-order valence-electron chi connectivity index (χ2n) is 5.33. The molecule has 2 aromatic rings. The van der Waals surface area contributed by atoms with Gasteiger partial charge in [0.25, 0.3) is 5.91 Å². The van der Waals surface area contributed by atoms with Gasteiger partial charge in [-0.3, -0.25) is 4.79 Å². The molecular formula is C17H17ClN2O. The summed E-state index contributed by atoms with van der Waals surface area (Å²) in [6.07, 6.45) is 2.98. The average Bonchev–Trinajstić information content (AvgIpc) is 2.95. The van der Waals surface area contributed by atoms with Crippen molar-refractivity contribution in [2.45, 2.75) is 25.3 Å². The number of benzene rings is 1. The van der Waals surface area contributed by atoms with E-state index in [4.69, 9.17) is 11.6 Å². The van der Waals surface area contributed by atoms with Crippen molar-refractivity contribution in [1.29, 1.82) is 0 Å². The van der Waals surface area contributed by atoms with Gasteiger partial charge >= 0.3 is 0 Å². The topological polar surface area (TPSA) is 33.2 Å². The molecule has 1 aromatic heterocycles. The Labute approximate surface area is 129 Å². The van der Waals surface area contributed by atoms with E-state index in [9.17, 15) is 4.79 Å². The van der Waals surface area contributed by atoms with Crippen LogP contribution < -0.4 is 0 Å². The highest BCUT2D eigenvalue weighted by molar-refractivity contribution is 6.29. The van der Waals surface area contributed by atoms with Crippen LogP contribution in [0.15, 0.2) is 48.5 Å². The fourth-order valence-electron chi connectivity index (χ4n) is 2.88. The summed E-state index contributed by atoms with van der Waals surface area (Å²) < 4.78 is 0. The van der Waals surface area contributed by atoms with Gasteiger partial charge in [-0.05, 0) is 37.0 Å². The normalized spacial score (nSPS) is 18.0. The monoisotopic (exact) mass is 300 g/mol. The number of rotatable bonds is 3. The van der Waals surface area contributed by atoms with Crippen molar-refractivity contribution >= 4 is 17.5 Å². The lowest BCUT2D eigenvalue weighted by atomic mass is 10.0. The maximum atomic E-state index is 12.6. The summed E-state index contributed by atoms with van der Waals surface area (Å²) in [4.78, 5) is 18.7. The fraction of sp³-hybridized carbons (Fsp3) is 0.294. The van der Waals surface area contributed by atoms with Crippen LogP contribution in [0.25, 0.3) is 0 Å². The zero-order valence-corrected chi connectivity index (χ0v) is 12.5. The number of carbonyl (C=O) groups excluding carboxylic acids is 1. The molecule has 1 aromatic carbocycles. The first-order chi connectivity index (χ1) is 10.2. The van der Waals surface area contributed by atoms with Crippen LogP contribution in [0, 0.1) is 0 Å². The van der Waals surface area contributed by atoms with Gasteiger partial charge in [0, 0.05) is 12.6 Å². The van der Waals surface area contributed by atoms with Gasteiger partial charge in [0.05, 0.1) is 0 Å². The predicted molar refractivity (Wildman–Crippen MR) is 83.5 cm³/mol. The molecule has 0 saturated carbocycles. The van der Waals surface area contributed by atoms with Gasteiger partial charge in [0.15, 0.2) is 0 Å². The highest BCUT2D eigenvalue weighted by atomic mass is 35.5. The third kappa shape index (κ3) is 3.24. The van der Waals surface area contributed by atoms with Crippen molar-refractivity contribution in [1.82, 2.24) is 9.88 Å². The maximum absolute atomic E-state index is 12.6. The van der Waals surface area contributed by atoms with Gasteiger partial charge in [-0.1, -0.05) is 48.0 Å². The van der Waals surface area contributed by atoms with E-state index in [1.165, 1.54) is 5.56 Å². The highest BCUT2D eigenvalue weighted by Gasteiger charge is 2.30. The van der Waals surface area contributed by atoms with E-state index in [0.29, 0.717) is 10.8 Å². The Morgan fingerprint density at radius 2 is 2.00 bits per heavy atom. The minimum absolute atomic E-state index is 0.0177. The minimum atomic E-state index is -0.0177. The summed E-state index contributed by atoms with van der Waals surface area (Å²) in [5.74, 6) is -0.0177. The van der Waals surface area contributed by atoms with Gasteiger partial charge < -0.3 is 4.90 Å². The van der Waals surface area contributed by atoms with E-state index in [-0.39, 0.29) is 11.9 Å². The van der Waals surface area contributed by atoms with E-state index < -0.39 is 0 Å². The molecule has 108 valence electrons. The van der Waals surface area contributed by atoms with Crippen molar-refractivity contribution in [3.8, 4) is 0 Å². The Morgan fingerprint density at radius 1 is 1.19 bits per heavy atom. The maximum Gasteiger partial charge on any atom is 0.272 e. The van der Waals surface area contributed by atoms with Crippen LogP contribution in [0.5, 0.6) is 0 Å². The van der Waals surface area contributed by atoms with E-state index in [0.717, 1.165) is 25.8 Å². The van der Waals surface area contributed by atoms with Crippen molar-refractivity contribution in [2.75, 3.05) is 6.54 Å². The molecule has 1 aliphatic heterocycles. The number of carbonyl (C=O) groups is 1. The van der Waals surface area contributed by atoms with E-state index in [1.807, 2.05) is 23.1 Å². The van der Waals surface area contributed by atoms with Crippen molar-refractivity contribution < 1.29 is 4.79 Å². The van der Waals surface area contributed by atoms with Gasteiger partial charge in [-0.25, -0.2) is 4.98 Å². The summed E-state index contributed by atoms with van der Waals surface area (Å²) in [6.45, 7) is 0.796. The molecule has 1 aliphatic rings. The van der Waals surface area contributed by atoms with Crippen LogP contribution in [0.2, 0.25) is 5.15 Å². The molecule has 1 amide bonds. The van der Waals surface area contributed by atoms with Crippen LogP contribution >= 0.6 is 11.6 Å². The third-order valence-corrected chi connectivity index (χ3v) is 4.10. The van der Waals surface area contributed by atoms with Crippen LogP contribution in [-0.4, -0.2) is 28.4 Å². The van der Waals surface area contributed by atoms with Crippen LogP contribution in [0.3, 0.4) is 0 Å². The molecule has 1 fully saturated rings. The Kier molecular flexibility index (Phi) is 4.20. The van der Waals surface area contributed by atoms with E-state index in [2.05, 4.69) is 17.1 Å². The van der Waals surface area contributed by atoms with E-state index >= 15 is 0 Å². The highest BCUT2D eigenvalue weighted by Crippen LogP contribution is 2.23. The molecule has 1 saturated heterocycles. The van der Waals surface area contributed by atoms with Crippen molar-refractivity contribution in [2.24, 2.45) is 0 Å². The van der Waals surface area contributed by atoms with Crippen molar-refractivity contribution in [3.05, 3.63) is 64.9 Å². The second kappa shape index (κ2) is 6.27. The van der Waals surface area contributed by atoms with Gasteiger partial charge in [-0.2, -0.15) is 0 Å². The molecule has 0 radical (unpaired) electrons. The minimum Gasteiger partial charge on any atom is -0.334 e. The SMILES string of the molecule is O=C(c1cccc(Cl)n1)N1CCCC1Cc1ccccc1. The largest absolute Gasteiger partial charge is 0.334 e. The first-order valence-corrected chi connectivity index (χ1v) is 7.59. The van der Waals surface area contributed by atoms with Gasteiger partial charge in [0.2, 0.25) is 0 Å². The first-order valence-electron chi connectivity index (χ1n) is 7.21. The lowest BCUT2D eigenvalue weighted by Crippen LogP contribution is -2.37. The Bertz CT molecular complexity index is 630. The molecule has 0 aliphatic carbocycles. The summed E-state index contributed by atoms with van der Waals surface area (Å²) in [6, 6.07) is 15.7. The standard InChI is InChI=1S/C17H17ClN2O/c18-16-10-4-9-15(19-16)17(21)20-11-5-8-14(20)12-13-6-2-1-3-7-13/h1-4,6-7,9-10,14H,5,8,11-12H2. The zero-order valence-electron chi connectivity index (χ0n) is 11.7. The molecule has 3 nitrogen and oxygen atoms in total. The first kappa shape index (κ1) is 14.1. The number of aromatic nitrogens is 1. The summed E-state index contributed by atoms with van der Waals surface area (Å²) >= 11 is 5.88. The number of hydrogen-bond acceptors (Lipinski definition) is 2. The van der Waals surface area contributed by atoms with Crippen LogP contribution in [0.1, 0.15) is 28.9 Å². The van der Waals surface area contributed by atoms with Crippen molar-refractivity contribution in [3.63, 3.8) is 0 Å². The molecule has 1 atom stereocenters. The number of halogens is 1. The molecule has 2 heterocycles. The number of pyridine rings is 1. The summed E-state index contributed by atoms with van der Waals surface area (Å²) in [5.41, 5.74) is 1.70. The fourth-order valence-corrected chi connectivity index (χ4v) is 3.04. The number of nitrogens with zero attached hydrogens (tertiary/aromatic N) is 2. The quantitative estimate of drug-likeness (QED) is 0.812. The van der Waals surface area contributed by atoms with Crippen LogP contribution in [-0.2, 0) is 6.42 Å². The molecule has 3 rings (SSSR count). The predicted octanol–water partition coefficient (Wildman–Crippen LogP) is 3.58.